The van der Waals surface area contributed by atoms with Crippen LogP contribution in [0.2, 0.25) is 0 Å². The van der Waals surface area contributed by atoms with Crippen LogP contribution in [0.15, 0.2) is 77.7 Å². The van der Waals surface area contributed by atoms with Crippen LogP contribution >= 0.6 is 11.8 Å². The smallest absolute Gasteiger partial charge is 0.394 e. The first kappa shape index (κ1) is 37.6. The predicted molar refractivity (Wildman–Crippen MR) is 191 cm³/mol. The fourth-order valence-electron chi connectivity index (χ4n) is 6.12. The Hall–Kier alpha value is -4.62. The monoisotopic (exact) mass is 721 g/mol. The third kappa shape index (κ3) is 9.19. The number of aliphatic hydroxyl groups is 1. The molecule has 0 radical (unpaired) electrons. The van der Waals surface area contributed by atoms with Crippen molar-refractivity contribution in [3.8, 4) is 5.69 Å². The molecule has 5 rings (SSSR count). The highest BCUT2D eigenvalue weighted by molar-refractivity contribution is 8.00. The summed E-state index contributed by atoms with van der Waals surface area (Å²) in [6.45, 7) is 7.15. The zero-order valence-electron chi connectivity index (χ0n) is 28.9. The van der Waals surface area contributed by atoms with Crippen LogP contribution in [0, 0.1) is 6.92 Å². The maximum Gasteiger partial charge on any atom is 0.446 e. The quantitative estimate of drug-likeness (QED) is 0.138. The van der Waals surface area contributed by atoms with Crippen molar-refractivity contribution >= 4 is 35.2 Å². The number of carbonyl (C=O) groups excluding carboxylic acids is 3. The normalized spacial score (nSPS) is 14.3. The molecule has 0 fully saturated rings. The van der Waals surface area contributed by atoms with Crippen molar-refractivity contribution in [2.75, 3.05) is 25.0 Å². The third-order valence-electron chi connectivity index (χ3n) is 8.85. The van der Waals surface area contributed by atoms with Crippen LogP contribution in [0.3, 0.4) is 0 Å². The molecule has 51 heavy (non-hydrogen) atoms. The summed E-state index contributed by atoms with van der Waals surface area (Å²) < 4.78 is 40.0. The van der Waals surface area contributed by atoms with E-state index in [2.05, 4.69) is 24.3 Å². The Morgan fingerprint density at radius 3 is 2.25 bits per heavy atom. The topological polar surface area (TPSA) is 108 Å². The van der Waals surface area contributed by atoms with Gasteiger partial charge in [0.2, 0.25) is 0 Å². The molecular formula is C38H42F3N5O4S. The highest BCUT2D eigenvalue weighted by Crippen LogP contribution is 2.37. The van der Waals surface area contributed by atoms with Gasteiger partial charge in [0.05, 0.1) is 23.9 Å². The summed E-state index contributed by atoms with van der Waals surface area (Å²) >= 11 is -0.270. The Balaban J connectivity index is 1.51. The molecule has 3 amide bonds. The van der Waals surface area contributed by atoms with E-state index in [9.17, 15) is 32.7 Å². The van der Waals surface area contributed by atoms with Crippen LogP contribution in [0.1, 0.15) is 87.6 Å². The van der Waals surface area contributed by atoms with Crippen LogP contribution in [0.5, 0.6) is 0 Å². The predicted octanol–water partition coefficient (Wildman–Crippen LogP) is 7.65. The number of aliphatic hydroxyl groups excluding tert-OH is 1. The molecule has 0 saturated carbocycles. The molecular weight excluding hydrogens is 680 g/mol. The number of anilines is 1. The molecule has 0 bridgehead atoms. The third-order valence-corrected chi connectivity index (χ3v) is 9.59. The second-order valence-corrected chi connectivity index (χ2v) is 13.7. The van der Waals surface area contributed by atoms with Gasteiger partial charge in [-0.15, -0.1) is 0 Å². The van der Waals surface area contributed by atoms with Gasteiger partial charge in [-0.3, -0.25) is 14.4 Å². The molecule has 2 N–H and O–H groups in total. The molecule has 2 heterocycles. The van der Waals surface area contributed by atoms with Gasteiger partial charge in [-0.05, 0) is 97.6 Å². The molecule has 270 valence electrons. The molecule has 1 aromatic heterocycles. The number of thioether (sulfide) groups is 1. The largest absolute Gasteiger partial charge is 0.446 e. The number of nitrogens with zero attached hydrogens (tertiary/aromatic N) is 4. The molecule has 4 aromatic rings. The van der Waals surface area contributed by atoms with Gasteiger partial charge in [0.1, 0.15) is 0 Å². The number of benzene rings is 3. The highest BCUT2D eigenvalue weighted by atomic mass is 32.2. The summed E-state index contributed by atoms with van der Waals surface area (Å²) in [5.41, 5.74) is -0.617. The van der Waals surface area contributed by atoms with E-state index >= 15 is 0 Å². The SMILES string of the molecule is CCCCN(CCCC)C(=O)c1cc(C)n(-c2ccc(NC(=O)c3ccc(SC(F)(F)F)cc3)cc2C(=O)N2Cc3ccccc3CC2CO)n1. The lowest BCUT2D eigenvalue weighted by molar-refractivity contribution is -0.0328. The first-order valence-corrected chi connectivity index (χ1v) is 17.9. The Labute approximate surface area is 299 Å². The average molecular weight is 722 g/mol. The number of nitrogens with one attached hydrogen (secondary N) is 1. The van der Waals surface area contributed by atoms with Gasteiger partial charge in [0, 0.05) is 41.5 Å². The number of halogens is 3. The molecule has 0 spiro atoms. The van der Waals surface area contributed by atoms with Crippen LogP contribution in [-0.2, 0) is 13.0 Å². The summed E-state index contributed by atoms with van der Waals surface area (Å²) in [6.07, 6.45) is 4.06. The van der Waals surface area contributed by atoms with E-state index < -0.39 is 23.4 Å². The van der Waals surface area contributed by atoms with E-state index in [0.717, 1.165) is 36.8 Å². The van der Waals surface area contributed by atoms with E-state index in [1.54, 1.807) is 34.7 Å². The van der Waals surface area contributed by atoms with Crippen LogP contribution < -0.4 is 5.32 Å². The molecule has 0 saturated heterocycles. The first-order chi connectivity index (χ1) is 24.4. The number of unbranched alkanes of at least 4 members (excludes halogenated alkanes) is 2. The first-order valence-electron chi connectivity index (χ1n) is 17.1. The van der Waals surface area contributed by atoms with E-state index in [1.165, 1.54) is 30.3 Å². The molecule has 13 heteroatoms. The Bertz CT molecular complexity index is 1850. The van der Waals surface area contributed by atoms with Crippen LogP contribution in [0.4, 0.5) is 18.9 Å². The average Bonchev–Trinajstić information content (AvgIpc) is 3.51. The van der Waals surface area contributed by atoms with E-state index in [0.29, 0.717) is 30.9 Å². The standard InChI is InChI=1S/C38H42F3N5O4S/c1-4-6-18-44(19-7-5-2)37(50)33-20-25(3)46(43-33)34-17-14-29(42-35(48)26-12-15-31(16-13-26)51-38(39,40)41)22-32(34)36(49)45-23-28-11-9-8-10-27(28)21-30(45)24-47/h8-17,20,22,30,47H,4-7,18-19,21,23-24H2,1-3H3,(H,42,48). The summed E-state index contributed by atoms with van der Waals surface area (Å²) in [4.78, 5) is 44.7. The van der Waals surface area contributed by atoms with Gasteiger partial charge in [-0.1, -0.05) is 51.0 Å². The fourth-order valence-corrected chi connectivity index (χ4v) is 6.66. The number of hydrogen-bond acceptors (Lipinski definition) is 6. The lowest BCUT2D eigenvalue weighted by Crippen LogP contribution is -2.46. The van der Waals surface area contributed by atoms with E-state index in [4.69, 9.17) is 0 Å². The van der Waals surface area contributed by atoms with Crippen molar-refractivity contribution in [2.45, 2.75) is 75.9 Å². The number of hydrogen-bond donors (Lipinski definition) is 2. The van der Waals surface area contributed by atoms with Gasteiger partial charge in [0.15, 0.2) is 5.69 Å². The molecule has 9 nitrogen and oxygen atoms in total. The second-order valence-electron chi connectivity index (χ2n) is 12.6. The number of fused-ring (bicyclic) bond motifs is 1. The molecule has 1 aliphatic rings. The molecule has 1 unspecified atom stereocenters. The minimum Gasteiger partial charge on any atom is -0.394 e. The Morgan fingerprint density at radius 2 is 1.63 bits per heavy atom. The Morgan fingerprint density at radius 1 is 0.961 bits per heavy atom. The Kier molecular flexibility index (Phi) is 12.2. The van der Waals surface area contributed by atoms with Crippen molar-refractivity contribution in [1.82, 2.24) is 19.6 Å². The molecule has 3 aromatic carbocycles. The van der Waals surface area contributed by atoms with Crippen molar-refractivity contribution in [1.29, 1.82) is 0 Å². The van der Waals surface area contributed by atoms with Gasteiger partial charge < -0.3 is 20.2 Å². The van der Waals surface area contributed by atoms with Crippen LogP contribution in [0.25, 0.3) is 5.69 Å². The fraction of sp³-hybridized carbons (Fsp3) is 0.368. The maximum absolute atomic E-state index is 14.5. The number of aryl methyl sites for hydroxylation is 1. The summed E-state index contributed by atoms with van der Waals surface area (Å²) in [6, 6.07) is 18.7. The number of aromatic nitrogens is 2. The van der Waals surface area contributed by atoms with Crippen molar-refractivity contribution in [3.63, 3.8) is 0 Å². The van der Waals surface area contributed by atoms with Crippen LogP contribution in [-0.4, -0.2) is 73.7 Å². The van der Waals surface area contributed by atoms with Crippen molar-refractivity contribution in [3.05, 3.63) is 106 Å². The molecule has 0 aliphatic carbocycles. The number of alkyl halides is 3. The number of amides is 3. The highest BCUT2D eigenvalue weighted by Gasteiger charge is 2.32. The lowest BCUT2D eigenvalue weighted by Gasteiger charge is -2.36. The summed E-state index contributed by atoms with van der Waals surface area (Å²) in [5, 5.41) is 17.8. The zero-order chi connectivity index (χ0) is 36.7. The molecule has 1 atom stereocenters. The van der Waals surface area contributed by atoms with E-state index in [-0.39, 0.29) is 58.2 Å². The minimum absolute atomic E-state index is 0.0517. The zero-order valence-corrected chi connectivity index (χ0v) is 29.7. The van der Waals surface area contributed by atoms with Gasteiger partial charge in [-0.2, -0.15) is 18.3 Å². The lowest BCUT2D eigenvalue weighted by atomic mass is 9.93. The van der Waals surface area contributed by atoms with Gasteiger partial charge >= 0.3 is 5.51 Å². The van der Waals surface area contributed by atoms with E-state index in [1.807, 2.05) is 29.2 Å². The number of rotatable bonds is 13. The second kappa shape index (κ2) is 16.6. The van der Waals surface area contributed by atoms with Gasteiger partial charge in [0.25, 0.3) is 17.7 Å². The molecule has 1 aliphatic heterocycles. The summed E-state index contributed by atoms with van der Waals surface area (Å²) in [7, 11) is 0. The van der Waals surface area contributed by atoms with Crippen molar-refractivity contribution in [2.24, 2.45) is 0 Å². The van der Waals surface area contributed by atoms with Crippen molar-refractivity contribution < 1.29 is 32.7 Å². The van der Waals surface area contributed by atoms with Gasteiger partial charge in [-0.25, -0.2) is 4.68 Å². The number of carbonyl (C=O) groups is 3. The maximum atomic E-state index is 14.5. The minimum atomic E-state index is -4.45. The summed E-state index contributed by atoms with van der Waals surface area (Å²) in [5.74, 6) is -1.17.